The molecule has 1 N–H and O–H groups in total. The fraction of sp³-hybridized carbons (Fsp3) is 0.345. The highest BCUT2D eigenvalue weighted by molar-refractivity contribution is 5.69. The van der Waals surface area contributed by atoms with Gasteiger partial charge in [0, 0.05) is 19.6 Å². The van der Waals surface area contributed by atoms with E-state index >= 15 is 0 Å². The van der Waals surface area contributed by atoms with Gasteiger partial charge in [-0.25, -0.2) is 4.79 Å². The Kier molecular flexibility index (Phi) is 7.05. The van der Waals surface area contributed by atoms with Crippen LogP contribution in [0, 0.1) is 0 Å². The summed E-state index contributed by atoms with van der Waals surface area (Å²) < 4.78 is 5.64. The molecule has 3 aromatic rings. The summed E-state index contributed by atoms with van der Waals surface area (Å²) in [6.07, 6.45) is -0.379. The van der Waals surface area contributed by atoms with Crippen molar-refractivity contribution in [2.75, 3.05) is 26.2 Å². The molecule has 1 atom stereocenters. The molecule has 1 fully saturated rings. The first-order valence-corrected chi connectivity index (χ1v) is 11.9. The maximum absolute atomic E-state index is 12.9. The number of benzene rings is 3. The lowest BCUT2D eigenvalue weighted by molar-refractivity contribution is -0.0241. The molecule has 0 radical (unpaired) electrons. The number of carbonyl (C=O) groups excluding carboxylic acids is 1. The molecule has 1 unspecified atom stereocenters. The number of amides is 1. The predicted octanol–water partition coefficient (Wildman–Crippen LogP) is 4.89. The van der Waals surface area contributed by atoms with Crippen LogP contribution in [0.2, 0.25) is 0 Å². The van der Waals surface area contributed by atoms with Gasteiger partial charge in [0.25, 0.3) is 0 Å². The van der Waals surface area contributed by atoms with Crippen molar-refractivity contribution in [3.63, 3.8) is 0 Å². The summed E-state index contributed by atoms with van der Waals surface area (Å²) in [5, 5.41) is 10.3. The minimum atomic E-state index is -0.587. The summed E-state index contributed by atoms with van der Waals surface area (Å²) in [6, 6.07) is 31.1. The molecule has 4 rings (SSSR count). The van der Waals surface area contributed by atoms with Gasteiger partial charge in [-0.05, 0) is 37.5 Å². The molecule has 34 heavy (non-hydrogen) atoms. The second-order valence-electron chi connectivity index (χ2n) is 9.76. The highest BCUT2D eigenvalue weighted by atomic mass is 16.6. The highest BCUT2D eigenvalue weighted by Gasteiger charge is 2.46. The zero-order valence-corrected chi connectivity index (χ0v) is 20.2. The van der Waals surface area contributed by atoms with Crippen LogP contribution in [0.15, 0.2) is 91.0 Å². The number of hydrogen-bond donors (Lipinski definition) is 1. The molecule has 0 spiro atoms. The maximum Gasteiger partial charge on any atom is 0.410 e. The van der Waals surface area contributed by atoms with E-state index in [2.05, 4.69) is 77.7 Å². The predicted molar refractivity (Wildman–Crippen MR) is 135 cm³/mol. The van der Waals surface area contributed by atoms with Crippen molar-refractivity contribution in [2.24, 2.45) is 0 Å². The number of ether oxygens (including phenoxy) is 1. The van der Waals surface area contributed by atoms with E-state index in [1.807, 2.05) is 39.0 Å². The van der Waals surface area contributed by atoms with Gasteiger partial charge in [0.2, 0.25) is 0 Å². The summed E-state index contributed by atoms with van der Waals surface area (Å²) >= 11 is 0. The number of aliphatic hydroxyl groups is 1. The number of nitrogens with zero attached hydrogens (tertiary/aromatic N) is 2. The third-order valence-electron chi connectivity index (χ3n) is 6.37. The molecule has 0 aliphatic carbocycles. The summed E-state index contributed by atoms with van der Waals surface area (Å²) in [5.74, 6) is 0. The molecule has 1 aliphatic heterocycles. The third kappa shape index (κ3) is 4.72. The van der Waals surface area contributed by atoms with Crippen LogP contribution in [0.4, 0.5) is 4.79 Å². The van der Waals surface area contributed by atoms with E-state index in [9.17, 15) is 9.90 Å². The summed E-state index contributed by atoms with van der Waals surface area (Å²) in [7, 11) is 0. The monoisotopic (exact) mass is 458 g/mol. The average molecular weight is 459 g/mol. The zero-order valence-electron chi connectivity index (χ0n) is 20.2. The molecule has 178 valence electrons. The normalized spacial score (nSPS) is 17.4. The average Bonchev–Trinajstić information content (AvgIpc) is 2.85. The Hall–Kier alpha value is -3.15. The van der Waals surface area contributed by atoms with Gasteiger partial charge in [0.05, 0.1) is 18.2 Å². The lowest BCUT2D eigenvalue weighted by Crippen LogP contribution is -2.62. The second-order valence-corrected chi connectivity index (χ2v) is 9.76. The van der Waals surface area contributed by atoms with Gasteiger partial charge in [-0.15, -0.1) is 0 Å². The van der Waals surface area contributed by atoms with Crippen LogP contribution in [-0.2, 0) is 10.3 Å². The van der Waals surface area contributed by atoms with E-state index in [0.29, 0.717) is 19.6 Å². The molecule has 0 bridgehead atoms. The fourth-order valence-corrected chi connectivity index (χ4v) is 4.96. The minimum absolute atomic E-state index is 0.135. The number of rotatable bonds is 5. The Labute approximate surface area is 202 Å². The molecule has 5 heteroatoms. The van der Waals surface area contributed by atoms with Crippen LogP contribution in [0.25, 0.3) is 0 Å². The molecule has 5 nitrogen and oxygen atoms in total. The van der Waals surface area contributed by atoms with E-state index in [4.69, 9.17) is 4.74 Å². The Bertz CT molecular complexity index is 968. The van der Waals surface area contributed by atoms with Crippen molar-refractivity contribution in [1.82, 2.24) is 9.80 Å². The van der Waals surface area contributed by atoms with Gasteiger partial charge >= 0.3 is 6.09 Å². The van der Waals surface area contributed by atoms with Crippen LogP contribution >= 0.6 is 0 Å². The fourth-order valence-electron chi connectivity index (χ4n) is 4.96. The van der Waals surface area contributed by atoms with Crippen LogP contribution in [0.5, 0.6) is 0 Å². The Morgan fingerprint density at radius 2 is 1.26 bits per heavy atom. The lowest BCUT2D eigenvalue weighted by atomic mass is 9.75. The molecule has 1 saturated heterocycles. The zero-order chi connectivity index (χ0) is 24.2. The van der Waals surface area contributed by atoms with Crippen LogP contribution < -0.4 is 0 Å². The van der Waals surface area contributed by atoms with Crippen LogP contribution in [0.1, 0.15) is 37.5 Å². The van der Waals surface area contributed by atoms with Gasteiger partial charge in [0.1, 0.15) is 5.60 Å². The van der Waals surface area contributed by atoms with Crippen LogP contribution in [0.3, 0.4) is 0 Å². The summed E-state index contributed by atoms with van der Waals surface area (Å²) in [5.41, 5.74) is 2.28. The molecule has 1 amide bonds. The smallest absolute Gasteiger partial charge is 0.410 e. The molecule has 3 aromatic carbocycles. The van der Waals surface area contributed by atoms with E-state index in [0.717, 1.165) is 16.7 Å². The maximum atomic E-state index is 12.9. The van der Waals surface area contributed by atoms with E-state index < -0.39 is 11.1 Å². The largest absolute Gasteiger partial charge is 0.444 e. The molecular formula is C29H34N2O3. The standard InChI is InChI=1S/C29H34N2O3/c1-28(2,3)34-27(33)31-20-19-30(21-26(31)22-32)29(23-13-7-4-8-14-23,24-15-9-5-10-16-24)25-17-11-6-12-18-25/h4-18,26,32H,19-22H2,1-3H3. The first kappa shape index (κ1) is 24.0. The van der Waals surface area contributed by atoms with E-state index in [-0.39, 0.29) is 18.7 Å². The van der Waals surface area contributed by atoms with Crippen LogP contribution in [-0.4, -0.2) is 58.9 Å². The van der Waals surface area contributed by atoms with E-state index in [1.165, 1.54) is 0 Å². The first-order chi connectivity index (χ1) is 16.4. The molecule has 0 saturated carbocycles. The lowest BCUT2D eigenvalue weighted by Gasteiger charge is -2.51. The highest BCUT2D eigenvalue weighted by Crippen LogP contribution is 2.43. The number of aliphatic hydroxyl groups excluding tert-OH is 1. The van der Waals surface area contributed by atoms with Crippen molar-refractivity contribution in [3.8, 4) is 0 Å². The van der Waals surface area contributed by atoms with Crippen molar-refractivity contribution in [2.45, 2.75) is 38.0 Å². The molecule has 1 aliphatic rings. The Morgan fingerprint density at radius 3 is 1.65 bits per heavy atom. The molecule has 0 aromatic heterocycles. The number of hydrogen-bond acceptors (Lipinski definition) is 4. The van der Waals surface area contributed by atoms with Crippen molar-refractivity contribution in [1.29, 1.82) is 0 Å². The topological polar surface area (TPSA) is 53.0 Å². The molecular weight excluding hydrogens is 424 g/mol. The van der Waals surface area contributed by atoms with Gasteiger partial charge < -0.3 is 14.7 Å². The van der Waals surface area contributed by atoms with Crippen molar-refractivity contribution < 1.29 is 14.6 Å². The molecule has 1 heterocycles. The Morgan fingerprint density at radius 1 is 0.824 bits per heavy atom. The summed E-state index contributed by atoms with van der Waals surface area (Å²) in [6.45, 7) is 7.06. The summed E-state index contributed by atoms with van der Waals surface area (Å²) in [4.78, 5) is 17.0. The van der Waals surface area contributed by atoms with Gasteiger partial charge in [0.15, 0.2) is 0 Å². The Balaban J connectivity index is 1.82. The number of carbonyl (C=O) groups is 1. The number of piperazine rings is 1. The first-order valence-electron chi connectivity index (χ1n) is 11.9. The third-order valence-corrected chi connectivity index (χ3v) is 6.37. The van der Waals surface area contributed by atoms with Crippen molar-refractivity contribution >= 4 is 6.09 Å². The SMILES string of the molecule is CC(C)(C)OC(=O)N1CCN(C(c2ccccc2)(c2ccccc2)c2ccccc2)CC1CO. The van der Waals surface area contributed by atoms with E-state index in [1.54, 1.807) is 4.90 Å². The minimum Gasteiger partial charge on any atom is -0.444 e. The van der Waals surface area contributed by atoms with Gasteiger partial charge in [-0.1, -0.05) is 91.0 Å². The quantitative estimate of drug-likeness (QED) is 0.553. The van der Waals surface area contributed by atoms with Gasteiger partial charge in [-0.3, -0.25) is 4.90 Å². The van der Waals surface area contributed by atoms with Gasteiger partial charge in [-0.2, -0.15) is 0 Å². The second kappa shape index (κ2) is 10.00. The van der Waals surface area contributed by atoms with Crippen molar-refractivity contribution in [3.05, 3.63) is 108 Å².